The summed E-state index contributed by atoms with van der Waals surface area (Å²) in [6.45, 7) is -0.425. The van der Waals surface area contributed by atoms with E-state index in [1.165, 1.54) is 0 Å². The lowest BCUT2D eigenvalue weighted by Crippen LogP contribution is -2.58. The fourth-order valence-electron chi connectivity index (χ4n) is 3.31. The zero-order valence-corrected chi connectivity index (χ0v) is 18.1. The van der Waals surface area contributed by atoms with Gasteiger partial charge in [-0.1, -0.05) is 0 Å². The largest absolute Gasteiger partial charge is 0.480 e. The van der Waals surface area contributed by atoms with Gasteiger partial charge in [0.2, 0.25) is 23.6 Å². The number of rotatable bonds is 13. The minimum absolute atomic E-state index is 0.0611. The Bertz CT molecular complexity index is 771. The molecule has 1 aliphatic rings. The molecule has 0 radical (unpaired) electrons. The highest BCUT2D eigenvalue weighted by molar-refractivity contribution is 5.95. The van der Waals surface area contributed by atoms with E-state index in [2.05, 4.69) is 15.6 Å². The molecule has 33 heavy (non-hydrogen) atoms. The SMILES string of the molecule is NC(=O)CC(N)C(=O)NC(CO)C(=O)N1CCCC1C(=O)NC(CCCN=C(N)N)C(=O)O. The molecule has 4 amide bonds. The predicted molar refractivity (Wildman–Crippen MR) is 115 cm³/mol. The van der Waals surface area contributed by atoms with Crippen molar-refractivity contribution < 1.29 is 34.2 Å². The van der Waals surface area contributed by atoms with Crippen LogP contribution < -0.4 is 33.6 Å². The predicted octanol–water partition coefficient (Wildman–Crippen LogP) is -4.72. The quantitative estimate of drug-likeness (QED) is 0.0720. The van der Waals surface area contributed by atoms with Crippen LogP contribution in [0.1, 0.15) is 32.1 Å². The third kappa shape index (κ3) is 8.89. The molecule has 0 aliphatic carbocycles. The van der Waals surface area contributed by atoms with E-state index in [0.717, 1.165) is 4.90 Å². The molecule has 0 spiro atoms. The maximum atomic E-state index is 12.9. The van der Waals surface area contributed by atoms with Gasteiger partial charge in [-0.15, -0.1) is 0 Å². The van der Waals surface area contributed by atoms with Gasteiger partial charge in [0.1, 0.15) is 18.1 Å². The summed E-state index contributed by atoms with van der Waals surface area (Å²) in [6, 6.07) is -4.91. The van der Waals surface area contributed by atoms with E-state index in [9.17, 15) is 34.2 Å². The van der Waals surface area contributed by atoms with Gasteiger partial charge in [0.25, 0.3) is 0 Å². The van der Waals surface area contributed by atoms with Gasteiger partial charge < -0.3 is 48.7 Å². The van der Waals surface area contributed by atoms with E-state index < -0.39 is 66.8 Å². The van der Waals surface area contributed by atoms with Crippen LogP contribution in [0.15, 0.2) is 4.99 Å². The van der Waals surface area contributed by atoms with Crippen LogP contribution in [0, 0.1) is 0 Å². The molecule has 15 nitrogen and oxygen atoms in total. The average molecular weight is 473 g/mol. The third-order valence-corrected chi connectivity index (χ3v) is 4.95. The van der Waals surface area contributed by atoms with Crippen molar-refractivity contribution >= 4 is 35.6 Å². The number of carboxylic acids is 1. The normalized spacial score (nSPS) is 18.0. The lowest BCUT2D eigenvalue weighted by molar-refractivity contribution is -0.145. The lowest BCUT2D eigenvalue weighted by atomic mass is 10.1. The number of aliphatic hydroxyl groups excluding tert-OH is 1. The van der Waals surface area contributed by atoms with Gasteiger partial charge in [0, 0.05) is 13.1 Å². The number of primary amides is 1. The van der Waals surface area contributed by atoms with Gasteiger partial charge in [0.15, 0.2) is 5.96 Å². The van der Waals surface area contributed by atoms with Crippen LogP contribution in [0.5, 0.6) is 0 Å². The fraction of sp³-hybridized carbons (Fsp3) is 0.667. The van der Waals surface area contributed by atoms with Crippen LogP contribution in [0.4, 0.5) is 0 Å². The van der Waals surface area contributed by atoms with Crippen molar-refractivity contribution in [1.29, 1.82) is 0 Å². The number of aliphatic hydroxyl groups is 1. The van der Waals surface area contributed by atoms with E-state index in [1.807, 2.05) is 0 Å². The third-order valence-electron chi connectivity index (χ3n) is 4.95. The van der Waals surface area contributed by atoms with Crippen molar-refractivity contribution in [2.75, 3.05) is 19.7 Å². The second-order valence-corrected chi connectivity index (χ2v) is 7.56. The number of hydrogen-bond donors (Lipinski definition) is 8. The number of aliphatic imine (C=N–C) groups is 1. The zero-order chi connectivity index (χ0) is 25.1. The van der Waals surface area contributed by atoms with Crippen molar-refractivity contribution in [3.63, 3.8) is 0 Å². The molecule has 0 aromatic heterocycles. The Morgan fingerprint density at radius 1 is 1.09 bits per heavy atom. The summed E-state index contributed by atoms with van der Waals surface area (Å²) in [5.41, 5.74) is 21.0. The Hall–Kier alpha value is -3.46. The Labute approximate surface area is 189 Å². The first kappa shape index (κ1) is 27.6. The number of carbonyl (C=O) groups is 5. The first-order valence-electron chi connectivity index (χ1n) is 10.3. The van der Waals surface area contributed by atoms with Crippen LogP contribution in [0.25, 0.3) is 0 Å². The number of likely N-dealkylation sites (tertiary alicyclic amines) is 1. The summed E-state index contributed by atoms with van der Waals surface area (Å²) in [7, 11) is 0. The molecule has 1 fully saturated rings. The Balaban J connectivity index is 2.78. The number of carbonyl (C=O) groups excluding carboxylic acids is 4. The topological polar surface area (TPSA) is 270 Å². The number of guanidine groups is 1. The molecular formula is C18H32N8O7. The highest BCUT2D eigenvalue weighted by Crippen LogP contribution is 2.19. The molecule has 4 unspecified atom stereocenters. The summed E-state index contributed by atoms with van der Waals surface area (Å²) in [5.74, 6) is -4.49. The fourth-order valence-corrected chi connectivity index (χ4v) is 3.31. The summed E-state index contributed by atoms with van der Waals surface area (Å²) < 4.78 is 0. The van der Waals surface area contributed by atoms with Gasteiger partial charge in [-0.2, -0.15) is 0 Å². The molecule has 0 aromatic carbocycles. The molecule has 12 N–H and O–H groups in total. The number of nitrogens with two attached hydrogens (primary N) is 4. The van der Waals surface area contributed by atoms with Gasteiger partial charge in [0.05, 0.1) is 19.1 Å². The molecule has 0 bridgehead atoms. The number of carboxylic acid groups (broad SMARTS) is 1. The molecule has 1 saturated heterocycles. The lowest BCUT2D eigenvalue weighted by Gasteiger charge is -2.29. The Morgan fingerprint density at radius 2 is 1.76 bits per heavy atom. The van der Waals surface area contributed by atoms with Gasteiger partial charge in [-0.3, -0.25) is 24.2 Å². The van der Waals surface area contributed by atoms with E-state index in [4.69, 9.17) is 22.9 Å². The van der Waals surface area contributed by atoms with Crippen molar-refractivity contribution in [1.82, 2.24) is 15.5 Å². The van der Waals surface area contributed by atoms with Crippen molar-refractivity contribution in [3.8, 4) is 0 Å². The number of nitrogens with one attached hydrogen (secondary N) is 2. The molecule has 186 valence electrons. The first-order chi connectivity index (χ1) is 15.5. The molecule has 4 atom stereocenters. The van der Waals surface area contributed by atoms with Crippen LogP contribution >= 0.6 is 0 Å². The van der Waals surface area contributed by atoms with Crippen LogP contribution in [-0.2, 0) is 24.0 Å². The number of amides is 4. The molecule has 1 aliphatic heterocycles. The summed E-state index contributed by atoms with van der Waals surface area (Å²) in [6.07, 6.45) is 0.634. The van der Waals surface area contributed by atoms with E-state index in [0.29, 0.717) is 12.8 Å². The smallest absolute Gasteiger partial charge is 0.326 e. The second-order valence-electron chi connectivity index (χ2n) is 7.56. The summed E-state index contributed by atoms with van der Waals surface area (Å²) in [4.78, 5) is 65.0. The zero-order valence-electron chi connectivity index (χ0n) is 18.1. The monoisotopic (exact) mass is 472 g/mol. The maximum absolute atomic E-state index is 12.9. The van der Waals surface area contributed by atoms with Gasteiger partial charge in [-0.25, -0.2) is 4.79 Å². The average Bonchev–Trinajstić information content (AvgIpc) is 3.22. The highest BCUT2D eigenvalue weighted by Gasteiger charge is 2.39. The van der Waals surface area contributed by atoms with Crippen molar-refractivity contribution in [2.24, 2.45) is 27.9 Å². The molecule has 1 heterocycles. The molecular weight excluding hydrogens is 440 g/mol. The summed E-state index contributed by atoms with van der Waals surface area (Å²) in [5, 5.41) is 23.6. The molecule has 15 heteroatoms. The molecule has 0 aromatic rings. The first-order valence-corrected chi connectivity index (χ1v) is 10.3. The molecule has 1 rings (SSSR count). The summed E-state index contributed by atoms with van der Waals surface area (Å²) >= 11 is 0. The van der Waals surface area contributed by atoms with Crippen molar-refractivity contribution in [2.45, 2.75) is 56.3 Å². The van der Waals surface area contributed by atoms with Crippen LogP contribution in [-0.4, -0.2) is 94.5 Å². The van der Waals surface area contributed by atoms with E-state index in [1.54, 1.807) is 0 Å². The van der Waals surface area contributed by atoms with Crippen molar-refractivity contribution in [3.05, 3.63) is 0 Å². The highest BCUT2D eigenvalue weighted by atomic mass is 16.4. The van der Waals surface area contributed by atoms with E-state index >= 15 is 0 Å². The van der Waals surface area contributed by atoms with Gasteiger partial charge >= 0.3 is 5.97 Å². The van der Waals surface area contributed by atoms with E-state index in [-0.39, 0.29) is 31.9 Å². The minimum atomic E-state index is -1.40. The van der Waals surface area contributed by atoms with Gasteiger partial charge in [-0.05, 0) is 25.7 Å². The standard InChI is InChI=1S/C18H32N8O7/c19-9(7-13(20)28)14(29)25-11(8-27)16(31)26-6-2-4-12(26)15(30)24-10(17(32)33)3-1-5-23-18(21)22/h9-12,27H,1-8,19H2,(H2,20,28)(H,24,30)(H,25,29)(H,32,33)(H4,21,22,23). The maximum Gasteiger partial charge on any atom is 0.326 e. The van der Waals surface area contributed by atoms with Crippen LogP contribution in [0.2, 0.25) is 0 Å². The minimum Gasteiger partial charge on any atom is -0.480 e. The number of nitrogens with zero attached hydrogens (tertiary/aromatic N) is 2. The molecule has 0 saturated carbocycles. The number of aliphatic carboxylic acids is 1. The number of hydrogen-bond acceptors (Lipinski definition) is 8. The Kier molecular flexibility index (Phi) is 11.0. The van der Waals surface area contributed by atoms with Crippen LogP contribution in [0.3, 0.4) is 0 Å². The Morgan fingerprint density at radius 3 is 2.30 bits per heavy atom. The second kappa shape index (κ2) is 13.2.